The summed E-state index contributed by atoms with van der Waals surface area (Å²) >= 11 is 12.4. The number of ketones is 2. The van der Waals surface area contributed by atoms with Gasteiger partial charge in [0, 0.05) is 69.7 Å². The van der Waals surface area contributed by atoms with Crippen molar-refractivity contribution in [3.05, 3.63) is 56.6 Å². The molecular formula is C30H40Cl2N4O4. The average Bonchev–Trinajstić information content (AvgIpc) is 2.84. The number of non-ortho nitro benzene ring substituents is 1. The Morgan fingerprint density at radius 3 is 1.48 bits per heavy atom. The highest BCUT2D eigenvalue weighted by atomic mass is 35.5. The Hall–Kier alpha value is -2.84. The summed E-state index contributed by atoms with van der Waals surface area (Å²) in [5, 5.41) is 11.8. The van der Waals surface area contributed by atoms with Gasteiger partial charge < -0.3 is 15.5 Å². The van der Waals surface area contributed by atoms with Crippen LogP contribution in [0.25, 0.3) is 0 Å². The van der Waals surface area contributed by atoms with Crippen LogP contribution in [0.5, 0.6) is 0 Å². The molecule has 6 rings (SSSR count). The van der Waals surface area contributed by atoms with Gasteiger partial charge in [-0.3, -0.25) is 19.7 Å². The molecule has 8 nitrogen and oxygen atoms in total. The topological polar surface area (TPSA) is 110 Å². The van der Waals surface area contributed by atoms with Crippen molar-refractivity contribution in [2.45, 2.75) is 66.2 Å². The number of benzene rings is 2. The smallest absolute Gasteiger partial charge is 0.271 e. The summed E-state index contributed by atoms with van der Waals surface area (Å²) < 4.78 is 0. The van der Waals surface area contributed by atoms with Gasteiger partial charge in [-0.25, -0.2) is 0 Å². The maximum Gasteiger partial charge on any atom is 0.271 e. The van der Waals surface area contributed by atoms with Crippen molar-refractivity contribution in [3.8, 4) is 0 Å². The average molecular weight is 592 g/mol. The number of Topliss-reactive ketones (excluding diaryl/α,β-unsaturated/α-hetero) is 2. The van der Waals surface area contributed by atoms with Gasteiger partial charge in [0.1, 0.15) is 11.6 Å². The van der Waals surface area contributed by atoms with E-state index in [4.69, 9.17) is 28.9 Å². The number of nitro benzene ring substituents is 1. The number of nitro groups is 1. The van der Waals surface area contributed by atoms with E-state index in [1.54, 1.807) is 12.1 Å². The van der Waals surface area contributed by atoms with Crippen LogP contribution >= 0.6 is 23.2 Å². The van der Waals surface area contributed by atoms with Gasteiger partial charge in [0.15, 0.2) is 0 Å². The number of nitrogens with two attached hydrogens (primary N) is 1. The fraction of sp³-hybridized carbons (Fsp3) is 0.533. The predicted molar refractivity (Wildman–Crippen MR) is 164 cm³/mol. The molecule has 0 aromatic heterocycles. The van der Waals surface area contributed by atoms with Gasteiger partial charge in [-0.15, -0.1) is 0 Å². The monoisotopic (exact) mass is 590 g/mol. The van der Waals surface area contributed by atoms with E-state index in [9.17, 15) is 19.7 Å². The summed E-state index contributed by atoms with van der Waals surface area (Å²) in [4.78, 5) is 37.1. The van der Waals surface area contributed by atoms with Crippen molar-refractivity contribution in [1.29, 1.82) is 0 Å². The number of piperidine rings is 2. The lowest BCUT2D eigenvalue weighted by Crippen LogP contribution is -2.47. The molecule has 2 aromatic carbocycles. The molecule has 2 heterocycles. The van der Waals surface area contributed by atoms with Crippen LogP contribution in [-0.2, 0) is 9.59 Å². The highest BCUT2D eigenvalue weighted by Gasteiger charge is 2.46. The van der Waals surface area contributed by atoms with Gasteiger partial charge in [0.2, 0.25) is 0 Å². The summed E-state index contributed by atoms with van der Waals surface area (Å²) in [6.45, 7) is 3.67. The number of anilines is 3. The molecule has 2 saturated carbocycles. The predicted octanol–water partition coefficient (Wildman–Crippen LogP) is 7.34. The molecule has 0 radical (unpaired) electrons. The zero-order valence-electron chi connectivity index (χ0n) is 21.3. The van der Waals surface area contributed by atoms with E-state index in [-0.39, 0.29) is 26.0 Å². The Balaban J connectivity index is 0.000000211. The fourth-order valence-corrected chi connectivity index (χ4v) is 6.97. The van der Waals surface area contributed by atoms with Gasteiger partial charge in [-0.05, 0) is 60.8 Å². The molecular weight excluding hydrogens is 551 g/mol. The second-order valence-electron chi connectivity index (χ2n) is 11.4. The molecule has 2 spiro atoms. The molecule has 2 aromatic rings. The molecule has 10 heteroatoms. The molecule has 2 saturated heterocycles. The molecule has 2 aliphatic carbocycles. The van der Waals surface area contributed by atoms with E-state index in [2.05, 4.69) is 9.80 Å². The molecule has 218 valence electrons. The minimum atomic E-state index is -0.444. The maximum absolute atomic E-state index is 11.2. The minimum Gasteiger partial charge on any atom is -0.399 e. The number of nitrogen functional groups attached to an aromatic ring is 1. The molecule has 0 amide bonds. The van der Waals surface area contributed by atoms with Crippen LogP contribution in [0, 0.1) is 20.9 Å². The Labute approximate surface area is 246 Å². The molecule has 4 fully saturated rings. The summed E-state index contributed by atoms with van der Waals surface area (Å²) in [6.07, 6.45) is 7.19. The van der Waals surface area contributed by atoms with Gasteiger partial charge >= 0.3 is 0 Å². The van der Waals surface area contributed by atoms with Crippen molar-refractivity contribution in [2.75, 3.05) is 41.7 Å². The third-order valence-electron chi connectivity index (χ3n) is 8.73. The minimum absolute atomic E-state index is 0. The molecule has 0 atom stereocenters. The third-order valence-corrected chi connectivity index (χ3v) is 9.34. The number of rotatable bonds is 3. The Morgan fingerprint density at radius 1 is 0.725 bits per heavy atom. The van der Waals surface area contributed by atoms with E-state index in [0.717, 1.165) is 93.9 Å². The van der Waals surface area contributed by atoms with Crippen LogP contribution in [0.3, 0.4) is 0 Å². The maximum atomic E-state index is 11.2. The number of carbonyl (C=O) groups excluding carboxylic acids is 2. The first-order valence-electron chi connectivity index (χ1n) is 13.1. The molecule has 0 unspecified atom stereocenters. The van der Waals surface area contributed by atoms with E-state index in [1.807, 2.05) is 12.1 Å². The quantitative estimate of drug-likeness (QED) is 0.226. The van der Waals surface area contributed by atoms with Gasteiger partial charge in [-0.2, -0.15) is 0 Å². The number of carbonyl (C=O) groups is 2. The fourth-order valence-electron chi connectivity index (χ4n) is 6.37. The SMILES string of the molecule is C.C.Nc1ccc(N2CCC3(CC2)CC(=O)C3)c(Cl)c1.O=C1CC2(CCN(c3ccc([N+](=O)[O-])cc3Cl)CC2)C1. The normalized spacial score (nSPS) is 20.4. The lowest BCUT2D eigenvalue weighted by atomic mass is 9.62. The number of hydrogen-bond acceptors (Lipinski definition) is 7. The Kier molecular flexibility index (Phi) is 9.78. The summed E-state index contributed by atoms with van der Waals surface area (Å²) in [5.74, 6) is 0.792. The second-order valence-corrected chi connectivity index (χ2v) is 12.2. The standard InChI is InChI=1S/C14H15ClN2O3.C14H17ClN2O.2CH4/c15-12-7-10(17(19)20)1-2-13(12)16-5-3-14(4-6-16)8-11(18)9-14;15-12-7-10(16)1-2-13(12)17-5-3-14(4-6-17)8-11(18)9-14;;/h1-2,7H,3-6,8-9H2;1-2,7H,3-6,8-9,16H2;2*1H4. The van der Waals surface area contributed by atoms with Crippen molar-refractivity contribution >= 4 is 57.5 Å². The lowest BCUT2D eigenvalue weighted by molar-refractivity contribution is -0.384. The molecule has 2 N–H and O–H groups in total. The zero-order chi connectivity index (χ0) is 27.1. The van der Waals surface area contributed by atoms with Crippen LogP contribution in [0.4, 0.5) is 22.7 Å². The molecule has 2 aliphatic heterocycles. The first-order chi connectivity index (χ1) is 18.1. The van der Waals surface area contributed by atoms with Crippen LogP contribution in [0.15, 0.2) is 36.4 Å². The van der Waals surface area contributed by atoms with Crippen LogP contribution in [-0.4, -0.2) is 42.7 Å². The highest BCUT2D eigenvalue weighted by Crippen LogP contribution is 2.49. The molecule has 4 aliphatic rings. The van der Waals surface area contributed by atoms with Crippen molar-refractivity contribution in [2.24, 2.45) is 10.8 Å². The van der Waals surface area contributed by atoms with E-state index < -0.39 is 4.92 Å². The van der Waals surface area contributed by atoms with E-state index in [1.165, 1.54) is 12.1 Å². The summed E-state index contributed by atoms with van der Waals surface area (Å²) in [5.41, 5.74) is 8.86. The van der Waals surface area contributed by atoms with Crippen LogP contribution < -0.4 is 15.5 Å². The van der Waals surface area contributed by atoms with Gasteiger partial charge in [0.05, 0.1) is 26.3 Å². The highest BCUT2D eigenvalue weighted by molar-refractivity contribution is 6.33. The first kappa shape index (κ1) is 31.7. The zero-order valence-corrected chi connectivity index (χ0v) is 22.8. The van der Waals surface area contributed by atoms with Crippen molar-refractivity contribution in [1.82, 2.24) is 0 Å². The van der Waals surface area contributed by atoms with Gasteiger partial charge in [-0.1, -0.05) is 38.1 Å². The van der Waals surface area contributed by atoms with Gasteiger partial charge in [0.25, 0.3) is 5.69 Å². The van der Waals surface area contributed by atoms with Crippen LogP contribution in [0.2, 0.25) is 10.0 Å². The third kappa shape index (κ3) is 6.55. The Bertz CT molecular complexity index is 1250. The first-order valence-corrected chi connectivity index (χ1v) is 13.9. The summed E-state index contributed by atoms with van der Waals surface area (Å²) in [7, 11) is 0. The largest absolute Gasteiger partial charge is 0.399 e. The van der Waals surface area contributed by atoms with E-state index >= 15 is 0 Å². The van der Waals surface area contributed by atoms with Crippen molar-refractivity contribution in [3.63, 3.8) is 0 Å². The molecule has 40 heavy (non-hydrogen) atoms. The van der Waals surface area contributed by atoms with Crippen molar-refractivity contribution < 1.29 is 14.5 Å². The Morgan fingerprint density at radius 2 is 1.12 bits per heavy atom. The second kappa shape index (κ2) is 12.4. The van der Waals surface area contributed by atoms with E-state index in [0.29, 0.717) is 27.7 Å². The summed E-state index contributed by atoms with van der Waals surface area (Å²) in [6, 6.07) is 10.3. The number of nitrogens with zero attached hydrogens (tertiary/aromatic N) is 3. The number of hydrogen-bond donors (Lipinski definition) is 1. The molecule has 0 bridgehead atoms. The lowest BCUT2D eigenvalue weighted by Gasteiger charge is -2.47. The van der Waals surface area contributed by atoms with Crippen LogP contribution in [0.1, 0.15) is 66.2 Å². The number of halogens is 2.